The molecule has 0 saturated heterocycles. The van der Waals surface area contributed by atoms with Crippen LogP contribution in [0.1, 0.15) is 21.5 Å². The van der Waals surface area contributed by atoms with Gasteiger partial charge in [-0.2, -0.15) is 5.10 Å². The molecular formula is C17H16N4O2. The van der Waals surface area contributed by atoms with E-state index in [4.69, 9.17) is 5.11 Å². The van der Waals surface area contributed by atoms with Crippen molar-refractivity contribution < 1.29 is 9.90 Å². The molecule has 6 nitrogen and oxygen atoms in total. The number of hydrogen-bond donors (Lipinski definition) is 2. The number of amides is 1. The Hall–Kier alpha value is -2.99. The van der Waals surface area contributed by atoms with Crippen LogP contribution >= 0.6 is 0 Å². The van der Waals surface area contributed by atoms with Crippen LogP contribution in [0.5, 0.6) is 0 Å². The summed E-state index contributed by atoms with van der Waals surface area (Å²) in [6.45, 7) is 1.86. The van der Waals surface area contributed by atoms with Gasteiger partial charge in [0.1, 0.15) is 12.7 Å². The van der Waals surface area contributed by atoms with E-state index in [9.17, 15) is 4.79 Å². The minimum Gasteiger partial charge on any atom is -0.392 e. The van der Waals surface area contributed by atoms with Crippen LogP contribution in [0.15, 0.2) is 55.1 Å². The molecule has 0 aliphatic carbocycles. The van der Waals surface area contributed by atoms with Gasteiger partial charge in [-0.05, 0) is 48.4 Å². The van der Waals surface area contributed by atoms with Crippen molar-refractivity contribution in [3.8, 4) is 5.69 Å². The van der Waals surface area contributed by atoms with Crippen molar-refractivity contribution in [3.63, 3.8) is 0 Å². The molecule has 0 atom stereocenters. The highest BCUT2D eigenvalue weighted by Gasteiger charge is 2.09. The van der Waals surface area contributed by atoms with Crippen molar-refractivity contribution >= 4 is 11.6 Å². The first-order valence-corrected chi connectivity index (χ1v) is 7.14. The Labute approximate surface area is 133 Å². The molecule has 2 N–H and O–H groups in total. The molecule has 0 aliphatic heterocycles. The van der Waals surface area contributed by atoms with E-state index in [0.29, 0.717) is 11.3 Å². The molecule has 0 bridgehead atoms. The molecule has 0 unspecified atom stereocenters. The monoisotopic (exact) mass is 308 g/mol. The highest BCUT2D eigenvalue weighted by atomic mass is 16.3. The first kappa shape index (κ1) is 14.9. The molecule has 2 aromatic carbocycles. The minimum atomic E-state index is -0.201. The highest BCUT2D eigenvalue weighted by molar-refractivity contribution is 6.04. The number of hydrogen-bond acceptors (Lipinski definition) is 4. The number of benzene rings is 2. The summed E-state index contributed by atoms with van der Waals surface area (Å²) in [6.07, 6.45) is 3.08. The topological polar surface area (TPSA) is 80.0 Å². The third-order valence-corrected chi connectivity index (χ3v) is 3.49. The number of carbonyl (C=O) groups excluding carboxylic acids is 1. The van der Waals surface area contributed by atoms with Crippen molar-refractivity contribution in [2.45, 2.75) is 13.5 Å². The maximum atomic E-state index is 12.4. The first-order valence-electron chi connectivity index (χ1n) is 7.14. The Bertz CT molecular complexity index is 828. The Balaban J connectivity index is 1.81. The van der Waals surface area contributed by atoms with Gasteiger partial charge in [0, 0.05) is 11.3 Å². The second-order valence-electron chi connectivity index (χ2n) is 5.15. The zero-order valence-corrected chi connectivity index (χ0v) is 12.6. The molecular weight excluding hydrogens is 292 g/mol. The van der Waals surface area contributed by atoms with E-state index in [1.165, 1.54) is 6.33 Å². The normalized spacial score (nSPS) is 10.5. The van der Waals surface area contributed by atoms with Crippen molar-refractivity contribution in [1.82, 2.24) is 14.8 Å². The molecule has 1 aromatic heterocycles. The second-order valence-corrected chi connectivity index (χ2v) is 5.15. The fourth-order valence-corrected chi connectivity index (χ4v) is 2.34. The summed E-state index contributed by atoms with van der Waals surface area (Å²) in [5.74, 6) is -0.201. The van der Waals surface area contributed by atoms with Gasteiger partial charge in [-0.1, -0.05) is 12.1 Å². The number of rotatable bonds is 4. The number of aliphatic hydroxyl groups excluding tert-OH is 1. The number of nitrogens with one attached hydrogen (secondary N) is 1. The fraction of sp³-hybridized carbons (Fsp3) is 0.118. The Kier molecular flexibility index (Phi) is 4.16. The zero-order chi connectivity index (χ0) is 16.2. The number of aryl methyl sites for hydroxylation is 1. The van der Waals surface area contributed by atoms with Crippen molar-refractivity contribution in [1.29, 1.82) is 0 Å². The molecule has 3 rings (SSSR count). The van der Waals surface area contributed by atoms with Gasteiger partial charge >= 0.3 is 0 Å². The Morgan fingerprint density at radius 1 is 1.26 bits per heavy atom. The van der Waals surface area contributed by atoms with E-state index in [-0.39, 0.29) is 12.5 Å². The molecule has 0 fully saturated rings. The van der Waals surface area contributed by atoms with Crippen LogP contribution in [0.4, 0.5) is 5.69 Å². The van der Waals surface area contributed by atoms with E-state index in [1.807, 2.05) is 19.1 Å². The molecule has 1 heterocycles. The molecule has 6 heteroatoms. The summed E-state index contributed by atoms with van der Waals surface area (Å²) < 4.78 is 1.65. The van der Waals surface area contributed by atoms with Gasteiger partial charge in [-0.3, -0.25) is 4.79 Å². The zero-order valence-electron chi connectivity index (χ0n) is 12.6. The summed E-state index contributed by atoms with van der Waals surface area (Å²) in [5.41, 5.74) is 3.76. The van der Waals surface area contributed by atoms with E-state index < -0.39 is 0 Å². The maximum Gasteiger partial charge on any atom is 0.255 e. The van der Waals surface area contributed by atoms with E-state index in [0.717, 1.165) is 16.8 Å². The summed E-state index contributed by atoms with van der Waals surface area (Å²) in [4.78, 5) is 16.3. The van der Waals surface area contributed by atoms with Crippen LogP contribution in [0, 0.1) is 6.92 Å². The van der Waals surface area contributed by atoms with Crippen molar-refractivity contribution in [2.24, 2.45) is 0 Å². The van der Waals surface area contributed by atoms with Gasteiger partial charge in [0.15, 0.2) is 0 Å². The smallest absolute Gasteiger partial charge is 0.255 e. The van der Waals surface area contributed by atoms with Crippen LogP contribution in [-0.4, -0.2) is 25.8 Å². The fourth-order valence-electron chi connectivity index (χ4n) is 2.34. The quantitative estimate of drug-likeness (QED) is 0.775. The van der Waals surface area contributed by atoms with Gasteiger partial charge < -0.3 is 10.4 Å². The van der Waals surface area contributed by atoms with Gasteiger partial charge in [-0.15, -0.1) is 0 Å². The summed E-state index contributed by atoms with van der Waals surface area (Å²) in [6, 6.07) is 12.5. The largest absolute Gasteiger partial charge is 0.392 e. The molecule has 0 aliphatic rings. The predicted octanol–water partition coefficient (Wildman–Crippen LogP) is 2.32. The Morgan fingerprint density at radius 2 is 2.13 bits per heavy atom. The predicted molar refractivity (Wildman–Crippen MR) is 86.4 cm³/mol. The van der Waals surface area contributed by atoms with Gasteiger partial charge in [0.25, 0.3) is 5.91 Å². The number of aromatic nitrogens is 3. The SMILES string of the molecule is Cc1cc(C(=O)Nc2cccc(CO)c2)ccc1-n1cncn1. The second kappa shape index (κ2) is 6.41. The number of nitrogens with zero attached hydrogens (tertiary/aromatic N) is 3. The third kappa shape index (κ3) is 3.27. The van der Waals surface area contributed by atoms with E-state index in [1.54, 1.807) is 41.3 Å². The third-order valence-electron chi connectivity index (χ3n) is 3.49. The van der Waals surface area contributed by atoms with Crippen LogP contribution in [0.25, 0.3) is 5.69 Å². The minimum absolute atomic E-state index is 0.0601. The molecule has 0 saturated carbocycles. The lowest BCUT2D eigenvalue weighted by atomic mass is 10.1. The van der Waals surface area contributed by atoms with Crippen LogP contribution in [0.2, 0.25) is 0 Å². The molecule has 3 aromatic rings. The van der Waals surface area contributed by atoms with E-state index >= 15 is 0 Å². The lowest BCUT2D eigenvalue weighted by Crippen LogP contribution is -2.12. The van der Waals surface area contributed by atoms with Crippen molar-refractivity contribution in [2.75, 3.05) is 5.32 Å². The van der Waals surface area contributed by atoms with Gasteiger partial charge in [0.05, 0.1) is 12.3 Å². The van der Waals surface area contributed by atoms with Crippen LogP contribution < -0.4 is 5.32 Å². The average molecular weight is 308 g/mol. The molecule has 0 spiro atoms. The summed E-state index contributed by atoms with van der Waals surface area (Å²) in [7, 11) is 0. The molecule has 0 radical (unpaired) electrons. The molecule has 116 valence electrons. The molecule has 1 amide bonds. The average Bonchev–Trinajstić information content (AvgIpc) is 3.09. The lowest BCUT2D eigenvalue weighted by Gasteiger charge is -2.09. The number of aliphatic hydroxyl groups is 1. The lowest BCUT2D eigenvalue weighted by molar-refractivity contribution is 0.102. The first-order chi connectivity index (χ1) is 11.2. The van der Waals surface area contributed by atoms with Gasteiger partial charge in [-0.25, -0.2) is 9.67 Å². The summed E-state index contributed by atoms with van der Waals surface area (Å²) in [5, 5.41) is 16.1. The Morgan fingerprint density at radius 3 is 2.83 bits per heavy atom. The summed E-state index contributed by atoms with van der Waals surface area (Å²) >= 11 is 0. The van der Waals surface area contributed by atoms with E-state index in [2.05, 4.69) is 15.4 Å². The maximum absolute atomic E-state index is 12.4. The number of carbonyl (C=O) groups is 1. The van der Waals surface area contributed by atoms with Crippen LogP contribution in [-0.2, 0) is 6.61 Å². The highest BCUT2D eigenvalue weighted by Crippen LogP contribution is 2.17. The van der Waals surface area contributed by atoms with Crippen molar-refractivity contribution in [3.05, 3.63) is 71.8 Å². The molecule has 23 heavy (non-hydrogen) atoms. The number of anilines is 1. The standard InChI is InChI=1S/C17H16N4O2/c1-12-7-14(5-6-16(12)21-11-18-10-19-21)17(23)20-15-4-2-3-13(8-15)9-22/h2-8,10-11,22H,9H2,1H3,(H,20,23). The van der Waals surface area contributed by atoms with Gasteiger partial charge in [0.2, 0.25) is 0 Å². The van der Waals surface area contributed by atoms with Crippen LogP contribution in [0.3, 0.4) is 0 Å².